The van der Waals surface area contributed by atoms with Crippen molar-refractivity contribution in [1.29, 1.82) is 0 Å². The van der Waals surface area contributed by atoms with Crippen LogP contribution in [0.2, 0.25) is 0 Å². The smallest absolute Gasteiger partial charge is 0.326 e. The van der Waals surface area contributed by atoms with Crippen molar-refractivity contribution in [2.45, 2.75) is 58.6 Å². The van der Waals surface area contributed by atoms with E-state index in [1.165, 1.54) is 6.42 Å². The molecular formula is C18H24N2O2. The van der Waals surface area contributed by atoms with Crippen molar-refractivity contribution in [3.63, 3.8) is 0 Å². The number of ether oxygens (including phenoxy) is 1. The highest BCUT2D eigenvalue weighted by Crippen LogP contribution is 2.26. The molecule has 0 amide bonds. The van der Waals surface area contributed by atoms with Crippen LogP contribution in [0.4, 0.5) is 0 Å². The standard InChI is InChI=1S/C18H24N2O2/c1-3-17-19-15-9-4-5-10-16(15)20(17)12-18(21)22-14-8-6-7-13(2)11-14/h4-5,9-10,13-14H,3,6-8,11-12H2,1-2H3/t13?,14-/m0/s1. The third-order valence-corrected chi connectivity index (χ3v) is 4.52. The van der Waals surface area contributed by atoms with Crippen LogP contribution >= 0.6 is 0 Å². The number of carbonyl (C=O) groups excluding carboxylic acids is 1. The van der Waals surface area contributed by atoms with E-state index < -0.39 is 0 Å². The van der Waals surface area contributed by atoms with Crippen molar-refractivity contribution in [3.05, 3.63) is 30.1 Å². The maximum Gasteiger partial charge on any atom is 0.326 e. The molecule has 0 aliphatic heterocycles. The Morgan fingerprint density at radius 2 is 2.18 bits per heavy atom. The van der Waals surface area contributed by atoms with E-state index >= 15 is 0 Å². The molecule has 0 N–H and O–H groups in total. The molecule has 1 saturated carbocycles. The van der Waals surface area contributed by atoms with E-state index in [0.29, 0.717) is 5.92 Å². The van der Waals surface area contributed by atoms with Crippen LogP contribution in [0.3, 0.4) is 0 Å². The van der Waals surface area contributed by atoms with Crippen molar-refractivity contribution in [2.24, 2.45) is 5.92 Å². The molecule has 2 atom stereocenters. The first-order chi connectivity index (χ1) is 10.7. The third-order valence-electron chi connectivity index (χ3n) is 4.52. The molecule has 0 spiro atoms. The van der Waals surface area contributed by atoms with E-state index in [1.807, 2.05) is 28.8 Å². The average Bonchev–Trinajstić information content (AvgIpc) is 2.85. The summed E-state index contributed by atoms with van der Waals surface area (Å²) in [6, 6.07) is 7.95. The maximum absolute atomic E-state index is 12.3. The lowest BCUT2D eigenvalue weighted by molar-refractivity contribution is -0.151. The lowest BCUT2D eigenvalue weighted by Gasteiger charge is -2.26. The second-order valence-corrected chi connectivity index (χ2v) is 6.34. The van der Waals surface area contributed by atoms with Gasteiger partial charge in [-0.1, -0.05) is 32.4 Å². The zero-order chi connectivity index (χ0) is 15.5. The first-order valence-corrected chi connectivity index (χ1v) is 8.31. The van der Waals surface area contributed by atoms with Crippen LogP contribution in [0.15, 0.2) is 24.3 Å². The first kappa shape index (κ1) is 15.1. The number of carbonyl (C=O) groups is 1. The van der Waals surface area contributed by atoms with E-state index in [4.69, 9.17) is 4.74 Å². The average molecular weight is 300 g/mol. The molecule has 1 aromatic heterocycles. The number of para-hydroxylation sites is 2. The highest BCUT2D eigenvalue weighted by atomic mass is 16.5. The fourth-order valence-corrected chi connectivity index (χ4v) is 3.41. The Labute approximate surface area is 131 Å². The molecule has 1 aliphatic carbocycles. The molecule has 2 aromatic rings. The largest absolute Gasteiger partial charge is 0.461 e. The lowest BCUT2D eigenvalue weighted by Crippen LogP contribution is -2.26. The second-order valence-electron chi connectivity index (χ2n) is 6.34. The Balaban J connectivity index is 1.73. The van der Waals surface area contributed by atoms with Crippen LogP contribution in [0, 0.1) is 5.92 Å². The van der Waals surface area contributed by atoms with Gasteiger partial charge in [-0.25, -0.2) is 4.98 Å². The Hall–Kier alpha value is -1.84. The summed E-state index contributed by atoms with van der Waals surface area (Å²) in [7, 11) is 0. The van der Waals surface area contributed by atoms with Gasteiger partial charge in [0.1, 0.15) is 18.5 Å². The number of esters is 1. The molecule has 1 aromatic carbocycles. The molecule has 118 valence electrons. The van der Waals surface area contributed by atoms with Gasteiger partial charge >= 0.3 is 5.97 Å². The third kappa shape index (κ3) is 3.16. The summed E-state index contributed by atoms with van der Waals surface area (Å²) in [6.07, 6.45) is 5.31. The molecule has 3 rings (SSSR count). The number of aryl methyl sites for hydroxylation is 1. The zero-order valence-electron chi connectivity index (χ0n) is 13.4. The zero-order valence-corrected chi connectivity index (χ0v) is 13.4. The predicted octanol–water partition coefficient (Wildman–Crippen LogP) is 3.72. The van der Waals surface area contributed by atoms with Crippen LogP contribution in [-0.2, 0) is 22.5 Å². The van der Waals surface area contributed by atoms with Gasteiger partial charge in [-0.3, -0.25) is 4.79 Å². The van der Waals surface area contributed by atoms with E-state index in [0.717, 1.165) is 42.5 Å². The Morgan fingerprint density at radius 3 is 2.95 bits per heavy atom. The highest BCUT2D eigenvalue weighted by Gasteiger charge is 2.23. The highest BCUT2D eigenvalue weighted by molar-refractivity contribution is 5.79. The molecule has 1 aliphatic rings. The summed E-state index contributed by atoms with van der Waals surface area (Å²) in [5.41, 5.74) is 1.95. The fourth-order valence-electron chi connectivity index (χ4n) is 3.41. The van der Waals surface area contributed by atoms with Crippen LogP contribution in [0.25, 0.3) is 11.0 Å². The van der Waals surface area contributed by atoms with E-state index in [2.05, 4.69) is 18.8 Å². The normalized spacial score (nSPS) is 21.9. The summed E-state index contributed by atoms with van der Waals surface area (Å²) in [5.74, 6) is 1.46. The number of rotatable bonds is 4. The van der Waals surface area contributed by atoms with Gasteiger partial charge < -0.3 is 9.30 Å². The van der Waals surface area contributed by atoms with Gasteiger partial charge in [0.05, 0.1) is 11.0 Å². The molecule has 0 radical (unpaired) electrons. The minimum absolute atomic E-state index is 0.0936. The van der Waals surface area contributed by atoms with Gasteiger partial charge in [0, 0.05) is 6.42 Å². The SMILES string of the molecule is CCc1nc2ccccc2n1CC(=O)O[C@H]1CCCC(C)C1. The fraction of sp³-hybridized carbons (Fsp3) is 0.556. The van der Waals surface area contributed by atoms with Gasteiger partial charge in [-0.15, -0.1) is 0 Å². The Morgan fingerprint density at radius 1 is 1.36 bits per heavy atom. The number of nitrogens with zero attached hydrogens (tertiary/aromatic N) is 2. The molecule has 0 saturated heterocycles. The number of hydrogen-bond acceptors (Lipinski definition) is 3. The van der Waals surface area contributed by atoms with E-state index in [-0.39, 0.29) is 18.6 Å². The molecular weight excluding hydrogens is 276 g/mol. The van der Waals surface area contributed by atoms with Crippen molar-refractivity contribution in [3.8, 4) is 0 Å². The molecule has 1 heterocycles. The summed E-state index contributed by atoms with van der Waals surface area (Å²) in [4.78, 5) is 16.9. The molecule has 1 fully saturated rings. The van der Waals surface area contributed by atoms with Crippen molar-refractivity contribution >= 4 is 17.0 Å². The number of imidazole rings is 1. The van der Waals surface area contributed by atoms with Crippen LogP contribution in [0.1, 0.15) is 45.4 Å². The molecule has 1 unspecified atom stereocenters. The van der Waals surface area contributed by atoms with Gasteiger partial charge in [0.15, 0.2) is 0 Å². The summed E-state index contributed by atoms with van der Waals surface area (Å²) >= 11 is 0. The first-order valence-electron chi connectivity index (χ1n) is 8.31. The van der Waals surface area contributed by atoms with Crippen molar-refractivity contribution in [1.82, 2.24) is 9.55 Å². The summed E-state index contributed by atoms with van der Waals surface area (Å²) in [5, 5.41) is 0. The van der Waals surface area contributed by atoms with Gasteiger partial charge in [-0.2, -0.15) is 0 Å². The molecule has 22 heavy (non-hydrogen) atoms. The molecule has 4 nitrogen and oxygen atoms in total. The van der Waals surface area contributed by atoms with Crippen LogP contribution in [-0.4, -0.2) is 21.6 Å². The number of aromatic nitrogens is 2. The van der Waals surface area contributed by atoms with Crippen LogP contribution < -0.4 is 0 Å². The minimum atomic E-state index is -0.142. The summed E-state index contributed by atoms with van der Waals surface area (Å²) in [6.45, 7) is 4.55. The monoisotopic (exact) mass is 300 g/mol. The van der Waals surface area contributed by atoms with E-state index in [9.17, 15) is 4.79 Å². The summed E-state index contributed by atoms with van der Waals surface area (Å²) < 4.78 is 7.69. The van der Waals surface area contributed by atoms with Crippen molar-refractivity contribution < 1.29 is 9.53 Å². The number of fused-ring (bicyclic) bond motifs is 1. The topological polar surface area (TPSA) is 44.1 Å². The Kier molecular flexibility index (Phi) is 4.46. The van der Waals surface area contributed by atoms with Gasteiger partial charge in [0.2, 0.25) is 0 Å². The second kappa shape index (κ2) is 6.51. The molecule has 0 bridgehead atoms. The molecule has 4 heteroatoms. The van der Waals surface area contributed by atoms with Gasteiger partial charge in [-0.05, 0) is 37.3 Å². The van der Waals surface area contributed by atoms with E-state index in [1.54, 1.807) is 0 Å². The lowest BCUT2D eigenvalue weighted by atomic mass is 9.89. The predicted molar refractivity (Wildman–Crippen MR) is 86.6 cm³/mol. The van der Waals surface area contributed by atoms with Crippen LogP contribution in [0.5, 0.6) is 0 Å². The maximum atomic E-state index is 12.3. The van der Waals surface area contributed by atoms with Crippen molar-refractivity contribution in [2.75, 3.05) is 0 Å². The number of hydrogen-bond donors (Lipinski definition) is 0. The minimum Gasteiger partial charge on any atom is -0.461 e. The Bertz CT molecular complexity index is 662. The number of benzene rings is 1. The quantitative estimate of drug-likeness (QED) is 0.808. The van der Waals surface area contributed by atoms with Gasteiger partial charge in [0.25, 0.3) is 0 Å².